The summed E-state index contributed by atoms with van der Waals surface area (Å²) in [6.07, 6.45) is 19.3. The van der Waals surface area contributed by atoms with Crippen molar-refractivity contribution in [1.82, 2.24) is 0 Å². The largest absolute Gasteiger partial charge is 0.497 e. The Morgan fingerprint density at radius 3 is 1.59 bits per heavy atom. The van der Waals surface area contributed by atoms with Crippen LogP contribution in [0.2, 0.25) is 0 Å². The summed E-state index contributed by atoms with van der Waals surface area (Å²) in [6.45, 7) is 1.86. The molecule has 0 aliphatic carbocycles. The number of thiol groups is 1. The monoisotopic (exact) mass is 480 g/mol. The van der Waals surface area contributed by atoms with Gasteiger partial charge < -0.3 is 9.47 Å². The Morgan fingerprint density at radius 2 is 1.09 bits per heavy atom. The Hall–Kier alpha value is -2.53. The van der Waals surface area contributed by atoms with Gasteiger partial charge in [0.2, 0.25) is 0 Å². The van der Waals surface area contributed by atoms with Crippen LogP contribution in [0.4, 0.5) is 0 Å². The van der Waals surface area contributed by atoms with E-state index in [0.29, 0.717) is 0 Å². The van der Waals surface area contributed by atoms with Gasteiger partial charge in [-0.05, 0) is 41.9 Å². The summed E-state index contributed by atoms with van der Waals surface area (Å²) in [7, 11) is 3.36. The summed E-state index contributed by atoms with van der Waals surface area (Å²) >= 11 is 4.27. The highest BCUT2D eigenvalue weighted by Crippen LogP contribution is 2.22. The van der Waals surface area contributed by atoms with Crippen molar-refractivity contribution in [3.63, 3.8) is 0 Å². The van der Waals surface area contributed by atoms with E-state index in [4.69, 9.17) is 9.47 Å². The fourth-order valence-corrected chi connectivity index (χ4v) is 4.41. The van der Waals surface area contributed by atoms with Gasteiger partial charge in [0.1, 0.15) is 18.0 Å². The fourth-order valence-electron chi connectivity index (χ4n) is 4.19. The highest BCUT2D eigenvalue weighted by Gasteiger charge is 2.09. The fraction of sp³-hybridized carbons (Fsp3) is 0.448. The molecule has 3 rings (SSSR count). The molecule has 4 nitrogen and oxygen atoms in total. The first-order valence-corrected chi connectivity index (χ1v) is 13.2. The minimum absolute atomic E-state index is 0.762. The SMILES string of the molecule is COc1cc(C[n+]2ccc(-c3cc[n+](CCCCCCCCCCS)cc3)cc2)cc(OC)c1. The van der Waals surface area contributed by atoms with E-state index >= 15 is 0 Å². The van der Waals surface area contributed by atoms with E-state index in [1.807, 2.05) is 18.2 Å². The maximum Gasteiger partial charge on any atom is 0.174 e. The summed E-state index contributed by atoms with van der Waals surface area (Å²) in [5, 5.41) is 0. The predicted molar refractivity (Wildman–Crippen MR) is 142 cm³/mol. The van der Waals surface area contributed by atoms with Crippen molar-refractivity contribution in [2.24, 2.45) is 0 Å². The zero-order valence-electron chi connectivity index (χ0n) is 20.8. The molecule has 0 saturated carbocycles. The number of pyridine rings is 2. The zero-order valence-corrected chi connectivity index (χ0v) is 21.7. The van der Waals surface area contributed by atoms with Crippen molar-refractivity contribution < 1.29 is 18.6 Å². The molecule has 182 valence electrons. The lowest BCUT2D eigenvalue weighted by atomic mass is 10.1. The predicted octanol–water partition coefficient (Wildman–Crippen LogP) is 6.04. The second kappa shape index (κ2) is 14.7. The number of nitrogens with zero attached hydrogens (tertiary/aromatic N) is 2. The lowest BCUT2D eigenvalue weighted by molar-refractivity contribution is -0.697. The number of unbranched alkanes of at least 4 members (excludes halogenated alkanes) is 7. The Balaban J connectivity index is 1.45. The third-order valence-electron chi connectivity index (χ3n) is 6.22. The lowest BCUT2D eigenvalue weighted by Crippen LogP contribution is -2.33. The maximum atomic E-state index is 5.39. The Bertz CT molecular complexity index is 952. The van der Waals surface area contributed by atoms with E-state index in [0.717, 1.165) is 35.9 Å². The van der Waals surface area contributed by atoms with Gasteiger partial charge in [-0.25, -0.2) is 9.13 Å². The molecule has 0 saturated heterocycles. The smallest absolute Gasteiger partial charge is 0.174 e. The topological polar surface area (TPSA) is 26.2 Å². The molecule has 0 fully saturated rings. The Labute approximate surface area is 211 Å². The molecule has 34 heavy (non-hydrogen) atoms. The molecule has 0 amide bonds. The van der Waals surface area contributed by atoms with Crippen LogP contribution < -0.4 is 18.6 Å². The van der Waals surface area contributed by atoms with Crippen LogP contribution in [0.15, 0.2) is 67.3 Å². The first-order chi connectivity index (χ1) is 16.7. The number of aryl methyl sites for hydroxylation is 1. The molecule has 0 radical (unpaired) electrons. The molecular weight excluding hydrogens is 440 g/mol. The van der Waals surface area contributed by atoms with E-state index in [1.165, 1.54) is 62.5 Å². The number of methoxy groups -OCH3 is 2. The molecule has 0 N–H and O–H groups in total. The highest BCUT2D eigenvalue weighted by molar-refractivity contribution is 7.80. The van der Waals surface area contributed by atoms with E-state index in [1.54, 1.807) is 14.2 Å². The van der Waals surface area contributed by atoms with E-state index < -0.39 is 0 Å². The van der Waals surface area contributed by atoms with Crippen LogP contribution in [-0.2, 0) is 13.1 Å². The van der Waals surface area contributed by atoms with Crippen LogP contribution in [0.1, 0.15) is 56.9 Å². The molecule has 1 aromatic carbocycles. The second-order valence-corrected chi connectivity index (χ2v) is 9.30. The van der Waals surface area contributed by atoms with Gasteiger partial charge in [-0.3, -0.25) is 0 Å². The number of benzene rings is 1. The van der Waals surface area contributed by atoms with Crippen LogP contribution >= 0.6 is 12.6 Å². The van der Waals surface area contributed by atoms with Crippen LogP contribution in [-0.4, -0.2) is 20.0 Å². The molecule has 0 aliphatic heterocycles. The van der Waals surface area contributed by atoms with Crippen molar-refractivity contribution in [3.05, 3.63) is 72.8 Å². The average Bonchev–Trinajstić information content (AvgIpc) is 2.88. The van der Waals surface area contributed by atoms with Gasteiger partial charge in [0.15, 0.2) is 31.3 Å². The van der Waals surface area contributed by atoms with Gasteiger partial charge in [-0.15, -0.1) is 0 Å². The molecule has 0 spiro atoms. The average molecular weight is 481 g/mol. The van der Waals surface area contributed by atoms with Gasteiger partial charge in [-0.1, -0.05) is 32.1 Å². The minimum atomic E-state index is 0.762. The van der Waals surface area contributed by atoms with Crippen molar-refractivity contribution in [3.8, 4) is 22.6 Å². The first kappa shape index (κ1) is 26.1. The summed E-state index contributed by atoms with van der Waals surface area (Å²) < 4.78 is 15.2. The summed E-state index contributed by atoms with van der Waals surface area (Å²) in [4.78, 5) is 0. The zero-order chi connectivity index (χ0) is 24.0. The standard InChI is InChI=1S/C29H39N2O2S/c1-32-28-21-25(22-29(23-28)33-2)24-31-18-13-27(14-19-31)26-11-16-30(17-12-26)15-9-7-5-3-4-6-8-10-20-34/h11-14,16-19,21-23H,3-10,15,20,24H2,1-2H3/q+1/p+1. The van der Waals surface area contributed by atoms with Crippen LogP contribution in [0, 0.1) is 0 Å². The quantitative estimate of drug-likeness (QED) is 0.163. The molecule has 0 bridgehead atoms. The normalized spacial score (nSPS) is 10.9. The van der Waals surface area contributed by atoms with Gasteiger partial charge in [0.25, 0.3) is 0 Å². The van der Waals surface area contributed by atoms with Crippen molar-refractivity contribution in [1.29, 1.82) is 0 Å². The molecule has 5 heteroatoms. The third kappa shape index (κ3) is 8.68. The number of ether oxygens (including phenoxy) is 2. The lowest BCUT2D eigenvalue weighted by Gasteiger charge is -2.07. The van der Waals surface area contributed by atoms with E-state index in [9.17, 15) is 0 Å². The van der Waals surface area contributed by atoms with Gasteiger partial charge >= 0.3 is 0 Å². The maximum absolute atomic E-state index is 5.39. The minimum Gasteiger partial charge on any atom is -0.497 e. The Morgan fingerprint density at radius 1 is 0.618 bits per heavy atom. The summed E-state index contributed by atoms with van der Waals surface area (Å²) in [6, 6.07) is 14.8. The van der Waals surface area contributed by atoms with Crippen molar-refractivity contribution in [2.45, 2.75) is 64.5 Å². The highest BCUT2D eigenvalue weighted by atomic mass is 32.1. The van der Waals surface area contributed by atoms with Crippen molar-refractivity contribution >= 4 is 12.6 Å². The van der Waals surface area contributed by atoms with Crippen LogP contribution in [0.3, 0.4) is 0 Å². The van der Waals surface area contributed by atoms with Crippen LogP contribution in [0.5, 0.6) is 11.5 Å². The third-order valence-corrected chi connectivity index (χ3v) is 6.53. The molecular formula is C29H40N2O2S+2. The summed E-state index contributed by atoms with van der Waals surface area (Å²) in [5.74, 6) is 2.65. The van der Waals surface area contributed by atoms with E-state index in [2.05, 4.69) is 70.8 Å². The molecule has 3 aromatic rings. The van der Waals surface area contributed by atoms with Gasteiger partial charge in [-0.2, -0.15) is 12.6 Å². The molecule has 2 aromatic heterocycles. The number of hydrogen-bond acceptors (Lipinski definition) is 3. The molecule has 2 heterocycles. The van der Waals surface area contributed by atoms with E-state index in [-0.39, 0.29) is 0 Å². The number of rotatable bonds is 15. The number of aromatic nitrogens is 2. The second-order valence-electron chi connectivity index (χ2n) is 8.86. The first-order valence-electron chi connectivity index (χ1n) is 12.5. The Kier molecular flexibility index (Phi) is 11.3. The van der Waals surface area contributed by atoms with Crippen LogP contribution in [0.25, 0.3) is 11.1 Å². The molecule has 0 aliphatic rings. The molecule has 0 atom stereocenters. The molecule has 0 unspecified atom stereocenters. The van der Waals surface area contributed by atoms with Crippen molar-refractivity contribution in [2.75, 3.05) is 20.0 Å². The number of hydrogen-bond donors (Lipinski definition) is 1. The van der Waals surface area contributed by atoms with Gasteiger partial charge in [0.05, 0.1) is 14.2 Å². The summed E-state index contributed by atoms with van der Waals surface area (Å²) in [5.41, 5.74) is 3.61. The van der Waals surface area contributed by atoms with Gasteiger partial charge in [0, 0.05) is 42.3 Å².